The van der Waals surface area contributed by atoms with Gasteiger partial charge in [0.1, 0.15) is 11.4 Å². The monoisotopic (exact) mass is 485 g/mol. The van der Waals surface area contributed by atoms with Crippen LogP contribution in [0.25, 0.3) is 11.0 Å². The normalized spacial score (nSPS) is 18.3. The van der Waals surface area contributed by atoms with Crippen LogP contribution in [0.4, 0.5) is 11.4 Å². The number of para-hydroxylation sites is 1. The lowest BCUT2D eigenvalue weighted by Crippen LogP contribution is -2.43. The molecule has 1 atom stereocenters. The molecule has 1 aromatic carbocycles. The molecule has 31 heavy (non-hydrogen) atoms. The fourth-order valence-corrected chi connectivity index (χ4v) is 4.36. The number of anilines is 2. The first-order valence-electron chi connectivity index (χ1n) is 10.6. The van der Waals surface area contributed by atoms with E-state index in [0.717, 1.165) is 71.4 Å². The Hall–Kier alpha value is -2.58. The summed E-state index contributed by atoms with van der Waals surface area (Å²) in [5.41, 5.74) is 8.81. The van der Waals surface area contributed by atoms with Crippen LogP contribution in [0.3, 0.4) is 0 Å². The summed E-state index contributed by atoms with van der Waals surface area (Å²) in [7, 11) is 1.66. The van der Waals surface area contributed by atoms with E-state index in [9.17, 15) is 4.79 Å². The highest BCUT2D eigenvalue weighted by Gasteiger charge is 2.31. The van der Waals surface area contributed by atoms with E-state index in [2.05, 4.69) is 36.1 Å². The number of ether oxygens (including phenoxy) is 1. The van der Waals surface area contributed by atoms with Crippen molar-refractivity contribution in [3.63, 3.8) is 0 Å². The number of hydrogen-bond donors (Lipinski definition) is 3. The van der Waals surface area contributed by atoms with E-state index in [1.165, 1.54) is 0 Å². The van der Waals surface area contributed by atoms with Crippen molar-refractivity contribution >= 4 is 44.2 Å². The van der Waals surface area contributed by atoms with Gasteiger partial charge in [-0.3, -0.25) is 4.79 Å². The predicted molar refractivity (Wildman–Crippen MR) is 128 cm³/mol. The van der Waals surface area contributed by atoms with Gasteiger partial charge in [-0.25, -0.2) is 4.98 Å². The number of nitrogens with two attached hydrogens (primary N) is 1. The van der Waals surface area contributed by atoms with Gasteiger partial charge in [0.25, 0.3) is 0 Å². The topological polar surface area (TPSA) is 96.3 Å². The van der Waals surface area contributed by atoms with Crippen LogP contribution in [0.1, 0.15) is 25.7 Å². The molecule has 8 heteroatoms. The number of methoxy groups -OCH3 is 1. The average molecular weight is 486 g/mol. The molecule has 5 rings (SSSR count). The van der Waals surface area contributed by atoms with Crippen molar-refractivity contribution in [2.24, 2.45) is 11.7 Å². The fraction of sp³-hybridized carbons (Fsp3) is 0.391. The minimum atomic E-state index is 0.104. The van der Waals surface area contributed by atoms with Crippen LogP contribution in [0.5, 0.6) is 5.75 Å². The van der Waals surface area contributed by atoms with Crippen LogP contribution in [-0.4, -0.2) is 42.1 Å². The number of halogens is 1. The van der Waals surface area contributed by atoms with Crippen molar-refractivity contribution in [2.75, 3.05) is 30.4 Å². The molecule has 3 aromatic rings. The molecule has 1 saturated carbocycles. The number of piperidine rings is 1. The maximum Gasteiger partial charge on any atom is 0.227 e. The molecule has 1 aliphatic heterocycles. The Morgan fingerprint density at radius 3 is 2.71 bits per heavy atom. The Balaban J connectivity index is 0.000000245. The Labute approximate surface area is 190 Å². The number of fused-ring (bicyclic) bond motifs is 1. The van der Waals surface area contributed by atoms with E-state index < -0.39 is 0 Å². The summed E-state index contributed by atoms with van der Waals surface area (Å²) in [4.78, 5) is 22.0. The molecule has 2 fully saturated rings. The highest BCUT2D eigenvalue weighted by molar-refractivity contribution is 9.10. The minimum absolute atomic E-state index is 0.104. The van der Waals surface area contributed by atoms with E-state index in [1.54, 1.807) is 13.3 Å². The molecular weight excluding hydrogens is 458 g/mol. The van der Waals surface area contributed by atoms with Gasteiger partial charge < -0.3 is 25.7 Å². The van der Waals surface area contributed by atoms with Crippen LogP contribution in [0, 0.1) is 5.92 Å². The zero-order valence-corrected chi connectivity index (χ0v) is 19.2. The molecule has 0 radical (unpaired) electrons. The molecule has 2 aromatic heterocycles. The highest BCUT2D eigenvalue weighted by Crippen LogP contribution is 2.39. The van der Waals surface area contributed by atoms with Gasteiger partial charge in [-0.2, -0.15) is 0 Å². The number of rotatable bonds is 4. The van der Waals surface area contributed by atoms with E-state index in [-0.39, 0.29) is 17.9 Å². The molecule has 1 saturated heterocycles. The van der Waals surface area contributed by atoms with Crippen molar-refractivity contribution in [1.82, 2.24) is 9.97 Å². The summed E-state index contributed by atoms with van der Waals surface area (Å²) in [5, 5.41) is 4.02. The summed E-state index contributed by atoms with van der Waals surface area (Å²) in [6.07, 6.45) is 7.75. The van der Waals surface area contributed by atoms with E-state index in [4.69, 9.17) is 10.5 Å². The fourth-order valence-electron chi connectivity index (χ4n) is 3.81. The molecule has 0 spiro atoms. The van der Waals surface area contributed by atoms with Crippen LogP contribution < -0.4 is 20.7 Å². The van der Waals surface area contributed by atoms with Crippen molar-refractivity contribution < 1.29 is 9.53 Å². The van der Waals surface area contributed by atoms with Crippen molar-refractivity contribution in [1.29, 1.82) is 0 Å². The number of nitrogens with one attached hydrogen (secondary N) is 2. The zero-order valence-electron chi connectivity index (χ0n) is 17.6. The molecule has 0 bridgehead atoms. The Bertz CT molecular complexity index is 1040. The van der Waals surface area contributed by atoms with Gasteiger partial charge in [0.15, 0.2) is 0 Å². The standard InChI is InChI=1S/C16H20BrN5O.C7H8O/c17-11-6-19-15-13(14(11)22-5-1-2-10(18)8-22)12(7-20-15)21-16(23)9-3-4-9;1-8-7-5-3-2-4-6-7/h6-7,9-10H,1-5,8,18H2,(H,19,20)(H,21,23);2-6H,1H3/t10-;/m1./s1. The van der Waals surface area contributed by atoms with Gasteiger partial charge in [0.2, 0.25) is 5.91 Å². The van der Waals surface area contributed by atoms with Gasteiger partial charge in [-0.05, 0) is 53.7 Å². The van der Waals surface area contributed by atoms with Crippen molar-refractivity contribution in [2.45, 2.75) is 31.7 Å². The number of hydrogen-bond acceptors (Lipinski definition) is 5. The minimum Gasteiger partial charge on any atom is -0.497 e. The van der Waals surface area contributed by atoms with Crippen molar-refractivity contribution in [3.05, 3.63) is 47.2 Å². The SMILES string of the molecule is COc1ccccc1.N[C@@H]1CCCN(c2c(Br)cnc3[nH]cc(NC(=O)C4CC4)c23)C1. The molecule has 1 amide bonds. The Morgan fingerprint density at radius 1 is 1.29 bits per heavy atom. The summed E-state index contributed by atoms with van der Waals surface area (Å²) in [6, 6.07) is 9.86. The van der Waals surface area contributed by atoms with Crippen LogP contribution >= 0.6 is 15.9 Å². The number of carbonyl (C=O) groups is 1. The van der Waals surface area contributed by atoms with Crippen LogP contribution in [-0.2, 0) is 4.79 Å². The number of aromatic amines is 1. The molecule has 7 nitrogen and oxygen atoms in total. The third kappa shape index (κ3) is 5.19. The first kappa shape index (κ1) is 21.6. The lowest BCUT2D eigenvalue weighted by atomic mass is 10.1. The van der Waals surface area contributed by atoms with Gasteiger partial charge in [0.05, 0.1) is 28.3 Å². The van der Waals surface area contributed by atoms with Crippen LogP contribution in [0.15, 0.2) is 47.2 Å². The number of carbonyl (C=O) groups excluding carboxylic acids is 1. The molecule has 4 N–H and O–H groups in total. The van der Waals surface area contributed by atoms with E-state index in [0.29, 0.717) is 0 Å². The lowest BCUT2D eigenvalue weighted by Gasteiger charge is -2.33. The quantitative estimate of drug-likeness (QED) is 0.511. The molecule has 164 valence electrons. The molecule has 2 aliphatic rings. The first-order chi connectivity index (χ1) is 15.1. The summed E-state index contributed by atoms with van der Waals surface area (Å²) >= 11 is 3.63. The Kier molecular flexibility index (Phi) is 6.77. The number of pyridine rings is 1. The predicted octanol–water partition coefficient (Wildman–Crippen LogP) is 4.30. The molecule has 0 unspecified atom stereocenters. The highest BCUT2D eigenvalue weighted by atomic mass is 79.9. The summed E-state index contributed by atoms with van der Waals surface area (Å²) in [6.45, 7) is 1.78. The Morgan fingerprint density at radius 2 is 2.06 bits per heavy atom. The number of benzene rings is 1. The second kappa shape index (κ2) is 9.70. The lowest BCUT2D eigenvalue weighted by molar-refractivity contribution is -0.117. The molecule has 3 heterocycles. The number of nitrogens with zero attached hydrogens (tertiary/aromatic N) is 2. The third-order valence-corrected chi connectivity index (χ3v) is 6.17. The molecule has 1 aliphatic carbocycles. The molecular formula is C23H28BrN5O2. The van der Waals surface area contributed by atoms with Gasteiger partial charge >= 0.3 is 0 Å². The second-order valence-electron chi connectivity index (χ2n) is 8.01. The van der Waals surface area contributed by atoms with Crippen molar-refractivity contribution in [3.8, 4) is 5.75 Å². The second-order valence-corrected chi connectivity index (χ2v) is 8.86. The average Bonchev–Trinajstić information content (AvgIpc) is 3.57. The van der Waals surface area contributed by atoms with Gasteiger partial charge in [-0.15, -0.1) is 0 Å². The number of amides is 1. The largest absolute Gasteiger partial charge is 0.497 e. The summed E-state index contributed by atoms with van der Waals surface area (Å²) < 4.78 is 5.85. The maximum atomic E-state index is 12.2. The number of aromatic nitrogens is 2. The van der Waals surface area contributed by atoms with Gasteiger partial charge in [0, 0.05) is 37.4 Å². The summed E-state index contributed by atoms with van der Waals surface area (Å²) in [5.74, 6) is 1.19. The van der Waals surface area contributed by atoms with Gasteiger partial charge in [-0.1, -0.05) is 18.2 Å². The number of H-pyrrole nitrogens is 1. The maximum absolute atomic E-state index is 12.2. The zero-order chi connectivity index (χ0) is 21.8. The van der Waals surface area contributed by atoms with E-state index >= 15 is 0 Å². The van der Waals surface area contributed by atoms with Crippen LogP contribution in [0.2, 0.25) is 0 Å². The smallest absolute Gasteiger partial charge is 0.227 e. The third-order valence-electron chi connectivity index (χ3n) is 5.59. The van der Waals surface area contributed by atoms with E-state index in [1.807, 2.05) is 36.5 Å². The first-order valence-corrected chi connectivity index (χ1v) is 11.4.